The van der Waals surface area contributed by atoms with Crippen molar-refractivity contribution in [3.05, 3.63) is 70.2 Å². The van der Waals surface area contributed by atoms with Crippen LogP contribution in [0.2, 0.25) is 5.02 Å². The average molecular weight is 316 g/mol. The molecule has 1 amide bonds. The number of amides is 1. The van der Waals surface area contributed by atoms with Gasteiger partial charge in [-0.05, 0) is 43.0 Å². The van der Waals surface area contributed by atoms with Crippen LogP contribution < -0.4 is 5.32 Å². The highest BCUT2D eigenvalue weighted by molar-refractivity contribution is 6.30. The van der Waals surface area contributed by atoms with Crippen molar-refractivity contribution < 1.29 is 4.79 Å². The van der Waals surface area contributed by atoms with Gasteiger partial charge >= 0.3 is 0 Å². The average Bonchev–Trinajstić information content (AvgIpc) is 2.53. The summed E-state index contributed by atoms with van der Waals surface area (Å²) in [6.45, 7) is 4.15. The molecule has 0 radical (unpaired) electrons. The van der Waals surface area contributed by atoms with Gasteiger partial charge in [-0.2, -0.15) is 0 Å². The van der Waals surface area contributed by atoms with E-state index in [-0.39, 0.29) is 11.9 Å². The van der Waals surface area contributed by atoms with Crippen molar-refractivity contribution in [2.24, 2.45) is 0 Å². The van der Waals surface area contributed by atoms with E-state index in [1.54, 1.807) is 0 Å². The van der Waals surface area contributed by atoms with E-state index >= 15 is 0 Å². The molecule has 0 unspecified atom stereocenters. The smallest absolute Gasteiger partial charge is 0.220 e. The van der Waals surface area contributed by atoms with Crippen LogP contribution in [0.5, 0.6) is 0 Å². The van der Waals surface area contributed by atoms with Crippen molar-refractivity contribution >= 4 is 17.5 Å². The van der Waals surface area contributed by atoms with Gasteiger partial charge in [0.1, 0.15) is 0 Å². The van der Waals surface area contributed by atoms with E-state index in [4.69, 9.17) is 11.6 Å². The van der Waals surface area contributed by atoms with Crippen molar-refractivity contribution in [3.8, 4) is 0 Å². The molecule has 2 aromatic rings. The molecule has 0 aliphatic rings. The number of halogens is 1. The van der Waals surface area contributed by atoms with Gasteiger partial charge in [0.15, 0.2) is 0 Å². The third-order valence-electron chi connectivity index (χ3n) is 3.78. The second-order valence-electron chi connectivity index (χ2n) is 5.57. The Bertz CT molecular complexity index is 604. The van der Waals surface area contributed by atoms with Gasteiger partial charge in [0.25, 0.3) is 0 Å². The first-order valence-electron chi connectivity index (χ1n) is 7.69. The molecule has 22 heavy (non-hydrogen) atoms. The molecule has 0 aromatic heterocycles. The van der Waals surface area contributed by atoms with Gasteiger partial charge in [-0.15, -0.1) is 0 Å². The lowest BCUT2D eigenvalue weighted by molar-refractivity contribution is -0.121. The molecule has 2 rings (SSSR count). The number of hydrogen-bond acceptors (Lipinski definition) is 1. The third-order valence-corrected chi connectivity index (χ3v) is 4.03. The molecular formula is C19H22ClNO. The Morgan fingerprint density at radius 1 is 1.09 bits per heavy atom. The van der Waals surface area contributed by atoms with E-state index in [9.17, 15) is 4.79 Å². The van der Waals surface area contributed by atoms with Crippen molar-refractivity contribution in [1.29, 1.82) is 0 Å². The zero-order valence-corrected chi connectivity index (χ0v) is 13.9. The Kier molecular flexibility index (Phi) is 6.02. The number of nitrogens with one attached hydrogen (secondary N) is 1. The Hall–Kier alpha value is -1.80. The quantitative estimate of drug-likeness (QED) is 0.811. The van der Waals surface area contributed by atoms with Crippen LogP contribution in [0.1, 0.15) is 42.5 Å². The molecule has 116 valence electrons. The van der Waals surface area contributed by atoms with Crippen molar-refractivity contribution in [2.45, 2.75) is 39.2 Å². The molecule has 0 saturated carbocycles. The summed E-state index contributed by atoms with van der Waals surface area (Å²) in [5.74, 6) is 0.0855. The van der Waals surface area contributed by atoms with Crippen LogP contribution in [0.3, 0.4) is 0 Å². The largest absolute Gasteiger partial charge is 0.349 e. The fourth-order valence-corrected chi connectivity index (χ4v) is 2.52. The number of rotatable bonds is 6. The third kappa shape index (κ3) is 4.88. The van der Waals surface area contributed by atoms with Gasteiger partial charge in [-0.1, -0.05) is 60.5 Å². The Balaban J connectivity index is 1.89. The predicted octanol–water partition coefficient (Wildman–Crippen LogP) is 4.85. The van der Waals surface area contributed by atoms with E-state index in [1.807, 2.05) is 24.3 Å². The minimum absolute atomic E-state index is 0.0818. The molecule has 0 fully saturated rings. The van der Waals surface area contributed by atoms with Crippen molar-refractivity contribution in [3.63, 3.8) is 0 Å². The van der Waals surface area contributed by atoms with Gasteiger partial charge in [-0.25, -0.2) is 0 Å². The molecule has 0 bridgehead atoms. The van der Waals surface area contributed by atoms with Crippen LogP contribution in [-0.4, -0.2) is 5.91 Å². The number of aryl methyl sites for hydroxylation is 2. The van der Waals surface area contributed by atoms with Gasteiger partial charge in [0, 0.05) is 11.4 Å². The lowest BCUT2D eigenvalue weighted by Gasteiger charge is -2.17. The second kappa shape index (κ2) is 8.00. The van der Waals surface area contributed by atoms with Crippen molar-refractivity contribution in [1.82, 2.24) is 5.32 Å². The molecule has 0 aliphatic heterocycles. The zero-order chi connectivity index (χ0) is 15.9. The van der Waals surface area contributed by atoms with E-state index < -0.39 is 0 Å². The van der Waals surface area contributed by atoms with E-state index in [2.05, 4.69) is 43.4 Å². The minimum Gasteiger partial charge on any atom is -0.349 e. The van der Waals surface area contributed by atoms with Crippen LogP contribution in [0.4, 0.5) is 0 Å². The minimum atomic E-state index is 0.0818. The Labute approximate surface area is 137 Å². The molecule has 3 heteroatoms. The standard InChI is InChI=1S/C19H22ClNO/c1-3-18(16-9-4-14(2)5-10-16)21-19(22)13-8-15-6-11-17(20)12-7-15/h4-7,9-12,18H,3,8,13H2,1-2H3,(H,21,22)/t18-/m0/s1. The summed E-state index contributed by atoms with van der Waals surface area (Å²) in [7, 11) is 0. The molecule has 0 spiro atoms. The number of benzene rings is 2. The van der Waals surface area contributed by atoms with Crippen LogP contribution in [-0.2, 0) is 11.2 Å². The van der Waals surface area contributed by atoms with Gasteiger partial charge < -0.3 is 5.32 Å². The number of carbonyl (C=O) groups is 1. The molecule has 0 heterocycles. The summed E-state index contributed by atoms with van der Waals surface area (Å²) in [5, 5.41) is 3.84. The van der Waals surface area contributed by atoms with Crippen LogP contribution >= 0.6 is 11.6 Å². The maximum atomic E-state index is 12.2. The topological polar surface area (TPSA) is 29.1 Å². The zero-order valence-electron chi connectivity index (χ0n) is 13.1. The normalized spacial score (nSPS) is 12.0. The maximum absolute atomic E-state index is 12.2. The van der Waals surface area contributed by atoms with Crippen molar-refractivity contribution in [2.75, 3.05) is 0 Å². The summed E-state index contributed by atoms with van der Waals surface area (Å²) in [6, 6.07) is 16.1. The first-order chi connectivity index (χ1) is 10.6. The van der Waals surface area contributed by atoms with Gasteiger partial charge in [-0.3, -0.25) is 4.79 Å². The highest BCUT2D eigenvalue weighted by atomic mass is 35.5. The summed E-state index contributed by atoms with van der Waals surface area (Å²) in [6.07, 6.45) is 2.10. The fourth-order valence-electron chi connectivity index (χ4n) is 2.40. The Morgan fingerprint density at radius 3 is 2.32 bits per heavy atom. The Morgan fingerprint density at radius 2 is 1.73 bits per heavy atom. The fraction of sp³-hybridized carbons (Fsp3) is 0.316. The van der Waals surface area contributed by atoms with E-state index in [0.29, 0.717) is 6.42 Å². The monoisotopic (exact) mass is 315 g/mol. The van der Waals surface area contributed by atoms with E-state index in [0.717, 1.165) is 29.0 Å². The first kappa shape index (κ1) is 16.6. The van der Waals surface area contributed by atoms with Crippen LogP contribution in [0, 0.1) is 6.92 Å². The molecular weight excluding hydrogens is 294 g/mol. The first-order valence-corrected chi connectivity index (χ1v) is 8.06. The van der Waals surface area contributed by atoms with E-state index in [1.165, 1.54) is 5.56 Å². The lowest BCUT2D eigenvalue weighted by atomic mass is 10.0. The second-order valence-corrected chi connectivity index (χ2v) is 6.00. The van der Waals surface area contributed by atoms with Crippen LogP contribution in [0.25, 0.3) is 0 Å². The molecule has 0 saturated heterocycles. The lowest BCUT2D eigenvalue weighted by Crippen LogP contribution is -2.28. The maximum Gasteiger partial charge on any atom is 0.220 e. The summed E-state index contributed by atoms with van der Waals surface area (Å²) >= 11 is 5.86. The van der Waals surface area contributed by atoms with Crippen LogP contribution in [0.15, 0.2) is 48.5 Å². The highest BCUT2D eigenvalue weighted by Gasteiger charge is 2.12. The summed E-state index contributed by atoms with van der Waals surface area (Å²) < 4.78 is 0. The van der Waals surface area contributed by atoms with Gasteiger partial charge in [0.05, 0.1) is 6.04 Å². The molecule has 0 aliphatic carbocycles. The molecule has 2 aromatic carbocycles. The highest BCUT2D eigenvalue weighted by Crippen LogP contribution is 2.17. The molecule has 1 atom stereocenters. The molecule has 1 N–H and O–H groups in total. The number of carbonyl (C=O) groups excluding carboxylic acids is 1. The SMILES string of the molecule is CC[C@H](NC(=O)CCc1ccc(Cl)cc1)c1ccc(C)cc1. The summed E-state index contributed by atoms with van der Waals surface area (Å²) in [4.78, 5) is 12.2. The molecule has 2 nitrogen and oxygen atoms in total. The predicted molar refractivity (Wildman–Crippen MR) is 92.1 cm³/mol. The van der Waals surface area contributed by atoms with Gasteiger partial charge in [0.2, 0.25) is 5.91 Å². The number of hydrogen-bond donors (Lipinski definition) is 1. The summed E-state index contributed by atoms with van der Waals surface area (Å²) in [5.41, 5.74) is 3.52.